The molecule has 1 atom stereocenters. The Morgan fingerprint density at radius 1 is 1.10 bits per heavy atom. The Labute approximate surface area is 176 Å². The summed E-state index contributed by atoms with van der Waals surface area (Å²) in [5.41, 5.74) is 1.17. The lowest BCUT2D eigenvalue weighted by molar-refractivity contribution is -0.152. The summed E-state index contributed by atoms with van der Waals surface area (Å²) in [6.07, 6.45) is -1.02. The normalized spacial score (nSPS) is 12.8. The van der Waals surface area contributed by atoms with Crippen molar-refractivity contribution in [2.75, 3.05) is 26.3 Å². The molecule has 1 amide bonds. The summed E-state index contributed by atoms with van der Waals surface area (Å²) in [5.74, 6) is 1.18. The van der Waals surface area contributed by atoms with Gasteiger partial charge in [-0.05, 0) is 36.8 Å². The third kappa shape index (κ3) is 4.92. The summed E-state index contributed by atoms with van der Waals surface area (Å²) in [4.78, 5) is 24.7. The van der Waals surface area contributed by atoms with Gasteiger partial charge in [-0.3, -0.25) is 9.59 Å². The van der Waals surface area contributed by atoms with Crippen LogP contribution in [0.5, 0.6) is 23.0 Å². The van der Waals surface area contributed by atoms with E-state index in [1.54, 1.807) is 30.3 Å². The van der Waals surface area contributed by atoms with E-state index >= 15 is 0 Å². The predicted molar refractivity (Wildman–Crippen MR) is 108 cm³/mol. The van der Waals surface area contributed by atoms with E-state index in [2.05, 4.69) is 21.2 Å². The van der Waals surface area contributed by atoms with Crippen LogP contribution in [0.3, 0.4) is 0 Å². The maximum atomic E-state index is 12.3. The topological polar surface area (TPSA) is 92.3 Å². The number of anilines is 1. The molecular formula is C20H20BrNO7. The van der Waals surface area contributed by atoms with Gasteiger partial charge in [-0.2, -0.15) is 0 Å². The van der Waals surface area contributed by atoms with Crippen LogP contribution < -0.4 is 24.3 Å². The second-order valence-corrected chi connectivity index (χ2v) is 7.02. The molecule has 1 aliphatic heterocycles. The molecule has 1 aliphatic rings. The summed E-state index contributed by atoms with van der Waals surface area (Å²) in [6, 6.07) is 8.41. The van der Waals surface area contributed by atoms with E-state index in [1.807, 2.05) is 0 Å². The second-order valence-electron chi connectivity index (χ2n) is 6.16. The maximum absolute atomic E-state index is 12.3. The number of carbonyl (C=O) groups excluding carboxylic acids is 2. The van der Waals surface area contributed by atoms with Gasteiger partial charge in [0.15, 0.2) is 29.1 Å². The number of fused-ring (bicyclic) bond motifs is 1. The quantitative estimate of drug-likeness (QED) is 0.626. The first kappa shape index (κ1) is 20.8. The van der Waals surface area contributed by atoms with E-state index < -0.39 is 18.0 Å². The molecule has 0 aliphatic carbocycles. The molecule has 9 heteroatoms. The fraction of sp³-hybridized carbons (Fsp3) is 0.300. The molecule has 1 unspecified atom stereocenters. The van der Waals surface area contributed by atoms with Crippen LogP contribution in [-0.4, -0.2) is 39.0 Å². The Hall–Kier alpha value is -2.94. The summed E-state index contributed by atoms with van der Waals surface area (Å²) in [5, 5.41) is 2.69. The van der Waals surface area contributed by atoms with Gasteiger partial charge in [0.25, 0.3) is 5.91 Å². The minimum absolute atomic E-state index is 0.0391. The molecule has 154 valence electrons. The summed E-state index contributed by atoms with van der Waals surface area (Å²) in [6.45, 7) is 1.65. The lowest BCUT2D eigenvalue weighted by Crippen LogP contribution is -2.30. The SMILES string of the molecule is COc1cc(Br)c(CC(=O)OC(C)C(=O)Nc2ccc3c(c2)OCO3)cc1OC. The largest absolute Gasteiger partial charge is 0.493 e. The highest BCUT2D eigenvalue weighted by Crippen LogP contribution is 2.35. The van der Waals surface area contributed by atoms with Crippen LogP contribution in [0.1, 0.15) is 12.5 Å². The minimum atomic E-state index is -0.980. The Morgan fingerprint density at radius 3 is 2.52 bits per heavy atom. The van der Waals surface area contributed by atoms with Crippen molar-refractivity contribution >= 4 is 33.5 Å². The second kappa shape index (κ2) is 9.04. The number of ether oxygens (including phenoxy) is 5. The minimum Gasteiger partial charge on any atom is -0.493 e. The van der Waals surface area contributed by atoms with Gasteiger partial charge >= 0.3 is 5.97 Å². The third-order valence-corrected chi connectivity index (χ3v) is 4.94. The number of esters is 1. The molecule has 8 nitrogen and oxygen atoms in total. The number of amides is 1. The van der Waals surface area contributed by atoms with Crippen LogP contribution in [0.25, 0.3) is 0 Å². The molecule has 1 N–H and O–H groups in total. The van der Waals surface area contributed by atoms with Crippen LogP contribution in [0.4, 0.5) is 5.69 Å². The summed E-state index contributed by atoms with van der Waals surface area (Å²) >= 11 is 3.40. The number of benzene rings is 2. The molecular weight excluding hydrogens is 446 g/mol. The fourth-order valence-electron chi connectivity index (χ4n) is 2.70. The van der Waals surface area contributed by atoms with Crippen molar-refractivity contribution in [1.82, 2.24) is 0 Å². The number of methoxy groups -OCH3 is 2. The first-order chi connectivity index (χ1) is 13.9. The predicted octanol–water partition coefficient (Wildman–Crippen LogP) is 3.31. The van der Waals surface area contributed by atoms with E-state index in [-0.39, 0.29) is 13.2 Å². The molecule has 0 fully saturated rings. The Kier molecular flexibility index (Phi) is 6.48. The van der Waals surface area contributed by atoms with E-state index in [1.165, 1.54) is 21.1 Å². The zero-order valence-corrected chi connectivity index (χ0v) is 17.7. The fourth-order valence-corrected chi connectivity index (χ4v) is 3.16. The van der Waals surface area contributed by atoms with Gasteiger partial charge in [0.05, 0.1) is 20.6 Å². The molecule has 29 heavy (non-hydrogen) atoms. The Bertz CT molecular complexity index is 931. The summed E-state index contributed by atoms with van der Waals surface area (Å²) < 4.78 is 26.9. The van der Waals surface area contributed by atoms with Crippen LogP contribution in [0.2, 0.25) is 0 Å². The van der Waals surface area contributed by atoms with E-state index in [0.717, 1.165) is 0 Å². The molecule has 0 aromatic heterocycles. The lowest BCUT2D eigenvalue weighted by atomic mass is 10.1. The van der Waals surface area contributed by atoms with E-state index in [0.29, 0.717) is 38.7 Å². The number of hydrogen-bond acceptors (Lipinski definition) is 7. The highest BCUT2D eigenvalue weighted by atomic mass is 79.9. The Morgan fingerprint density at radius 2 is 1.79 bits per heavy atom. The molecule has 3 rings (SSSR count). The maximum Gasteiger partial charge on any atom is 0.311 e. The van der Waals surface area contributed by atoms with Crippen molar-refractivity contribution in [2.24, 2.45) is 0 Å². The number of hydrogen-bond donors (Lipinski definition) is 1. The van der Waals surface area contributed by atoms with Crippen molar-refractivity contribution in [3.05, 3.63) is 40.4 Å². The van der Waals surface area contributed by atoms with Crippen molar-refractivity contribution < 1.29 is 33.3 Å². The van der Waals surface area contributed by atoms with Gasteiger partial charge in [0.1, 0.15) is 0 Å². The van der Waals surface area contributed by atoms with Gasteiger partial charge in [-0.25, -0.2) is 0 Å². The molecule has 2 aromatic rings. The van der Waals surface area contributed by atoms with E-state index in [9.17, 15) is 9.59 Å². The number of nitrogens with one attached hydrogen (secondary N) is 1. The molecule has 1 heterocycles. The van der Waals surface area contributed by atoms with Crippen molar-refractivity contribution in [2.45, 2.75) is 19.4 Å². The van der Waals surface area contributed by atoms with Gasteiger partial charge in [-0.15, -0.1) is 0 Å². The number of halogens is 1. The summed E-state index contributed by atoms with van der Waals surface area (Å²) in [7, 11) is 3.04. The lowest BCUT2D eigenvalue weighted by Gasteiger charge is -2.15. The number of rotatable bonds is 7. The van der Waals surface area contributed by atoms with Crippen molar-refractivity contribution in [3.8, 4) is 23.0 Å². The smallest absolute Gasteiger partial charge is 0.311 e. The van der Waals surface area contributed by atoms with Crippen LogP contribution in [0, 0.1) is 0 Å². The third-order valence-electron chi connectivity index (χ3n) is 4.20. The van der Waals surface area contributed by atoms with E-state index in [4.69, 9.17) is 23.7 Å². The average Bonchev–Trinajstić information content (AvgIpc) is 3.16. The average molecular weight is 466 g/mol. The van der Waals surface area contributed by atoms with Gasteiger partial charge in [-0.1, -0.05) is 15.9 Å². The molecule has 2 aromatic carbocycles. The molecule has 0 saturated carbocycles. The van der Waals surface area contributed by atoms with Gasteiger partial charge in [0, 0.05) is 16.2 Å². The van der Waals surface area contributed by atoms with Gasteiger partial charge in [0.2, 0.25) is 6.79 Å². The molecule has 0 saturated heterocycles. The highest BCUT2D eigenvalue weighted by Gasteiger charge is 2.21. The Balaban J connectivity index is 1.59. The van der Waals surface area contributed by atoms with Crippen LogP contribution in [0.15, 0.2) is 34.8 Å². The number of carbonyl (C=O) groups is 2. The van der Waals surface area contributed by atoms with Crippen molar-refractivity contribution in [1.29, 1.82) is 0 Å². The molecule has 0 radical (unpaired) electrons. The van der Waals surface area contributed by atoms with Crippen LogP contribution in [-0.2, 0) is 20.7 Å². The van der Waals surface area contributed by atoms with Gasteiger partial charge < -0.3 is 29.0 Å². The highest BCUT2D eigenvalue weighted by molar-refractivity contribution is 9.10. The molecule has 0 bridgehead atoms. The first-order valence-electron chi connectivity index (χ1n) is 8.71. The first-order valence-corrected chi connectivity index (χ1v) is 9.51. The zero-order chi connectivity index (χ0) is 21.0. The molecule has 0 spiro atoms. The zero-order valence-electron chi connectivity index (χ0n) is 16.1. The monoisotopic (exact) mass is 465 g/mol. The standard InChI is InChI=1S/C20H20BrNO7/c1-11(20(24)22-13-4-5-15-18(8-13)28-10-27-15)29-19(23)7-12-6-16(25-2)17(26-3)9-14(12)21/h4-6,8-9,11H,7,10H2,1-3H3,(H,22,24). The van der Waals surface area contributed by atoms with Crippen LogP contribution >= 0.6 is 15.9 Å². The van der Waals surface area contributed by atoms with Crippen molar-refractivity contribution in [3.63, 3.8) is 0 Å².